The topological polar surface area (TPSA) is 41.5 Å². The average Bonchev–Trinajstić information content (AvgIpc) is 2.47. The molecule has 0 saturated carbocycles. The first-order valence-electron chi connectivity index (χ1n) is 4.76. The molecule has 72 valence electrons. The molecule has 1 fully saturated rings. The van der Waals surface area contributed by atoms with E-state index in [0.717, 1.165) is 19.4 Å². The Morgan fingerprint density at radius 1 is 1.67 bits per heavy atom. The summed E-state index contributed by atoms with van der Waals surface area (Å²) < 4.78 is 5.41. The van der Waals surface area contributed by atoms with Crippen molar-refractivity contribution in [2.45, 2.75) is 44.9 Å². The maximum absolute atomic E-state index is 8.97. The molecule has 3 heteroatoms. The molecule has 2 N–H and O–H groups in total. The molecule has 1 aliphatic heterocycles. The molecule has 0 spiro atoms. The SMILES string of the molecule is CC[C@H](CO)N[C@H]1CCO[C@H]1C. The van der Waals surface area contributed by atoms with Gasteiger partial charge in [0.25, 0.3) is 0 Å². The van der Waals surface area contributed by atoms with Crippen molar-refractivity contribution < 1.29 is 9.84 Å². The Morgan fingerprint density at radius 2 is 2.42 bits per heavy atom. The lowest BCUT2D eigenvalue weighted by Crippen LogP contribution is -2.43. The van der Waals surface area contributed by atoms with Crippen molar-refractivity contribution >= 4 is 0 Å². The van der Waals surface area contributed by atoms with Crippen LogP contribution >= 0.6 is 0 Å². The van der Waals surface area contributed by atoms with Crippen LogP contribution in [0.25, 0.3) is 0 Å². The molecule has 0 amide bonds. The molecule has 0 aromatic rings. The van der Waals surface area contributed by atoms with E-state index < -0.39 is 0 Å². The highest BCUT2D eigenvalue weighted by molar-refractivity contribution is 4.82. The number of aliphatic hydroxyl groups is 1. The zero-order valence-corrected chi connectivity index (χ0v) is 7.92. The summed E-state index contributed by atoms with van der Waals surface area (Å²) >= 11 is 0. The Hall–Kier alpha value is -0.120. The summed E-state index contributed by atoms with van der Waals surface area (Å²) in [5.41, 5.74) is 0. The van der Waals surface area contributed by atoms with Crippen LogP contribution in [0, 0.1) is 0 Å². The van der Waals surface area contributed by atoms with E-state index in [9.17, 15) is 0 Å². The van der Waals surface area contributed by atoms with Gasteiger partial charge in [-0.05, 0) is 19.8 Å². The molecule has 0 unspecified atom stereocenters. The zero-order valence-electron chi connectivity index (χ0n) is 7.92. The van der Waals surface area contributed by atoms with Crippen LogP contribution in [-0.4, -0.2) is 36.5 Å². The van der Waals surface area contributed by atoms with Crippen LogP contribution in [0.1, 0.15) is 26.7 Å². The average molecular weight is 173 g/mol. The fraction of sp³-hybridized carbons (Fsp3) is 1.00. The van der Waals surface area contributed by atoms with E-state index in [2.05, 4.69) is 19.2 Å². The lowest BCUT2D eigenvalue weighted by atomic mass is 10.1. The molecule has 12 heavy (non-hydrogen) atoms. The van der Waals surface area contributed by atoms with Gasteiger partial charge in [0, 0.05) is 18.7 Å². The van der Waals surface area contributed by atoms with Gasteiger partial charge in [-0.25, -0.2) is 0 Å². The monoisotopic (exact) mass is 173 g/mol. The molecule has 0 bridgehead atoms. The minimum Gasteiger partial charge on any atom is -0.395 e. The largest absolute Gasteiger partial charge is 0.395 e. The maximum Gasteiger partial charge on any atom is 0.0700 e. The molecular formula is C9H19NO2. The predicted molar refractivity (Wildman–Crippen MR) is 48.1 cm³/mol. The van der Waals surface area contributed by atoms with Crippen LogP contribution in [0.15, 0.2) is 0 Å². The van der Waals surface area contributed by atoms with Crippen LogP contribution in [0.4, 0.5) is 0 Å². The van der Waals surface area contributed by atoms with Gasteiger partial charge in [0.2, 0.25) is 0 Å². The van der Waals surface area contributed by atoms with Crippen molar-refractivity contribution in [3.8, 4) is 0 Å². The number of hydrogen-bond acceptors (Lipinski definition) is 3. The van der Waals surface area contributed by atoms with Crippen molar-refractivity contribution in [3.63, 3.8) is 0 Å². The summed E-state index contributed by atoms with van der Waals surface area (Å²) in [7, 11) is 0. The summed E-state index contributed by atoms with van der Waals surface area (Å²) in [5, 5.41) is 12.4. The molecule has 0 aliphatic carbocycles. The molecule has 1 rings (SSSR count). The van der Waals surface area contributed by atoms with Gasteiger partial charge in [-0.2, -0.15) is 0 Å². The number of nitrogens with one attached hydrogen (secondary N) is 1. The lowest BCUT2D eigenvalue weighted by Gasteiger charge is -2.21. The van der Waals surface area contributed by atoms with Crippen molar-refractivity contribution in [2.75, 3.05) is 13.2 Å². The van der Waals surface area contributed by atoms with Crippen LogP contribution in [-0.2, 0) is 4.74 Å². The lowest BCUT2D eigenvalue weighted by molar-refractivity contribution is 0.107. The second-order valence-electron chi connectivity index (χ2n) is 3.43. The normalized spacial score (nSPS) is 32.2. The van der Waals surface area contributed by atoms with E-state index in [1.165, 1.54) is 0 Å². The van der Waals surface area contributed by atoms with Crippen molar-refractivity contribution in [3.05, 3.63) is 0 Å². The Morgan fingerprint density at radius 3 is 2.83 bits per heavy atom. The van der Waals surface area contributed by atoms with Crippen molar-refractivity contribution in [1.29, 1.82) is 0 Å². The van der Waals surface area contributed by atoms with Gasteiger partial charge in [-0.3, -0.25) is 0 Å². The van der Waals surface area contributed by atoms with Crippen molar-refractivity contribution in [2.24, 2.45) is 0 Å². The highest BCUT2D eigenvalue weighted by Gasteiger charge is 2.25. The maximum atomic E-state index is 8.97. The predicted octanol–water partition coefficient (Wildman–Crippen LogP) is 0.524. The Kier molecular flexibility index (Phi) is 3.98. The Labute approximate surface area is 74.1 Å². The van der Waals surface area contributed by atoms with Gasteiger partial charge in [0.05, 0.1) is 12.7 Å². The van der Waals surface area contributed by atoms with Gasteiger partial charge < -0.3 is 15.2 Å². The second kappa shape index (κ2) is 4.80. The van der Waals surface area contributed by atoms with Crippen LogP contribution in [0.2, 0.25) is 0 Å². The van der Waals surface area contributed by atoms with Gasteiger partial charge in [-0.1, -0.05) is 6.92 Å². The fourth-order valence-corrected chi connectivity index (χ4v) is 1.55. The summed E-state index contributed by atoms with van der Waals surface area (Å²) in [6, 6.07) is 0.668. The van der Waals surface area contributed by atoms with Gasteiger partial charge in [-0.15, -0.1) is 0 Å². The summed E-state index contributed by atoms with van der Waals surface area (Å²) in [6.07, 6.45) is 2.34. The quantitative estimate of drug-likeness (QED) is 0.651. The van der Waals surface area contributed by atoms with Gasteiger partial charge >= 0.3 is 0 Å². The standard InChI is InChI=1S/C9H19NO2/c1-3-8(6-11)10-9-4-5-12-7(9)2/h7-11H,3-6H2,1-2H3/t7-,8+,9-/m0/s1. The third-order valence-electron chi connectivity index (χ3n) is 2.54. The van der Waals surface area contributed by atoms with Gasteiger partial charge in [0.1, 0.15) is 0 Å². The molecule has 1 aliphatic rings. The van der Waals surface area contributed by atoms with E-state index in [1.807, 2.05) is 0 Å². The fourth-order valence-electron chi connectivity index (χ4n) is 1.55. The number of hydrogen-bond donors (Lipinski definition) is 2. The third kappa shape index (κ3) is 2.44. The van der Waals surface area contributed by atoms with Crippen LogP contribution in [0.3, 0.4) is 0 Å². The number of rotatable bonds is 4. The van der Waals surface area contributed by atoms with E-state index in [1.54, 1.807) is 0 Å². The summed E-state index contributed by atoms with van der Waals surface area (Å²) in [4.78, 5) is 0. The molecule has 1 saturated heterocycles. The third-order valence-corrected chi connectivity index (χ3v) is 2.54. The Balaban J connectivity index is 2.28. The molecule has 0 aromatic carbocycles. The molecule has 1 heterocycles. The smallest absolute Gasteiger partial charge is 0.0700 e. The van der Waals surface area contributed by atoms with E-state index in [4.69, 9.17) is 9.84 Å². The van der Waals surface area contributed by atoms with E-state index in [-0.39, 0.29) is 12.6 Å². The molecule has 3 atom stereocenters. The first-order chi connectivity index (χ1) is 5.77. The zero-order chi connectivity index (χ0) is 8.97. The highest BCUT2D eigenvalue weighted by Crippen LogP contribution is 2.13. The van der Waals surface area contributed by atoms with Crippen molar-refractivity contribution in [1.82, 2.24) is 5.32 Å². The van der Waals surface area contributed by atoms with Gasteiger partial charge in [0.15, 0.2) is 0 Å². The molecule has 0 aromatic heterocycles. The highest BCUT2D eigenvalue weighted by atomic mass is 16.5. The summed E-state index contributed by atoms with van der Waals surface area (Å²) in [5.74, 6) is 0. The van der Waals surface area contributed by atoms with Crippen LogP contribution in [0.5, 0.6) is 0 Å². The number of ether oxygens (including phenoxy) is 1. The molecule has 3 nitrogen and oxygen atoms in total. The minimum absolute atomic E-state index is 0.222. The first kappa shape index (κ1) is 9.96. The first-order valence-corrected chi connectivity index (χ1v) is 4.76. The van der Waals surface area contributed by atoms with E-state index in [0.29, 0.717) is 12.1 Å². The minimum atomic E-state index is 0.222. The Bertz CT molecular complexity index is 126. The van der Waals surface area contributed by atoms with E-state index >= 15 is 0 Å². The molecule has 0 radical (unpaired) electrons. The van der Waals surface area contributed by atoms with Crippen LogP contribution < -0.4 is 5.32 Å². The summed E-state index contributed by atoms with van der Waals surface area (Å²) in [6.45, 7) is 5.23. The molecular weight excluding hydrogens is 154 g/mol. The number of aliphatic hydroxyl groups excluding tert-OH is 1. The second-order valence-corrected chi connectivity index (χ2v) is 3.43.